The van der Waals surface area contributed by atoms with Gasteiger partial charge in [-0.2, -0.15) is 0 Å². The summed E-state index contributed by atoms with van der Waals surface area (Å²) in [5.74, 6) is -0.727. The predicted molar refractivity (Wildman–Crippen MR) is 63.0 cm³/mol. The Hall–Kier alpha value is -1.32. The van der Waals surface area contributed by atoms with Crippen LogP contribution in [0.2, 0.25) is 0 Å². The Morgan fingerprint density at radius 3 is 2.82 bits per heavy atom. The zero-order valence-electron chi connectivity index (χ0n) is 9.74. The summed E-state index contributed by atoms with van der Waals surface area (Å²) in [6.45, 7) is 1.93. The van der Waals surface area contributed by atoms with Crippen LogP contribution in [-0.4, -0.2) is 17.0 Å². The lowest BCUT2D eigenvalue weighted by Gasteiger charge is -2.51. The molecule has 0 unspecified atom stereocenters. The Labute approximate surface area is 101 Å². The van der Waals surface area contributed by atoms with E-state index < -0.39 is 11.9 Å². The molecule has 3 rings (SSSR count). The standard InChI is InChI=1S/C14H16O3/c1-2-12(15)14-11(8-9-16-14)13(17-14)10-6-4-3-5-7-10/h3-9,11-13,15H,2H2,1H3/t11-,12-,13+,14-/m1/s1. The van der Waals surface area contributed by atoms with E-state index >= 15 is 0 Å². The largest absolute Gasteiger partial charge is 0.467 e. The molecule has 1 aromatic carbocycles. The second kappa shape index (κ2) is 3.86. The van der Waals surface area contributed by atoms with Crippen molar-refractivity contribution in [3.63, 3.8) is 0 Å². The van der Waals surface area contributed by atoms with Crippen LogP contribution in [-0.2, 0) is 9.47 Å². The minimum absolute atomic E-state index is 0.00356. The Balaban J connectivity index is 1.84. The lowest BCUT2D eigenvalue weighted by atomic mass is 9.79. The van der Waals surface area contributed by atoms with Crippen LogP contribution in [0.15, 0.2) is 42.7 Å². The van der Waals surface area contributed by atoms with Crippen molar-refractivity contribution in [2.45, 2.75) is 31.3 Å². The molecule has 2 heterocycles. The highest BCUT2D eigenvalue weighted by atomic mass is 16.7. The van der Waals surface area contributed by atoms with Crippen LogP contribution < -0.4 is 0 Å². The van der Waals surface area contributed by atoms with E-state index in [4.69, 9.17) is 9.47 Å². The van der Waals surface area contributed by atoms with Gasteiger partial charge in [0.15, 0.2) is 0 Å². The van der Waals surface area contributed by atoms with Gasteiger partial charge in [-0.05, 0) is 18.1 Å². The number of fused-ring (bicyclic) bond motifs is 1. The minimum atomic E-state index is -0.838. The first kappa shape index (κ1) is 10.8. The van der Waals surface area contributed by atoms with E-state index in [2.05, 4.69) is 0 Å². The quantitative estimate of drug-likeness (QED) is 0.869. The van der Waals surface area contributed by atoms with Crippen molar-refractivity contribution >= 4 is 0 Å². The van der Waals surface area contributed by atoms with Crippen molar-refractivity contribution in [3.8, 4) is 0 Å². The van der Waals surface area contributed by atoms with Crippen LogP contribution in [0.3, 0.4) is 0 Å². The fraction of sp³-hybridized carbons (Fsp3) is 0.429. The van der Waals surface area contributed by atoms with Crippen LogP contribution in [0.4, 0.5) is 0 Å². The normalized spacial score (nSPS) is 35.9. The van der Waals surface area contributed by atoms with E-state index in [9.17, 15) is 5.11 Å². The van der Waals surface area contributed by atoms with Gasteiger partial charge in [-0.15, -0.1) is 0 Å². The molecule has 2 aliphatic heterocycles. The molecule has 0 aliphatic carbocycles. The topological polar surface area (TPSA) is 38.7 Å². The van der Waals surface area contributed by atoms with E-state index in [-0.39, 0.29) is 12.0 Å². The Morgan fingerprint density at radius 1 is 1.35 bits per heavy atom. The molecule has 1 N–H and O–H groups in total. The maximum Gasteiger partial charge on any atom is 0.245 e. The lowest BCUT2D eigenvalue weighted by Crippen LogP contribution is -2.60. The van der Waals surface area contributed by atoms with Crippen molar-refractivity contribution in [3.05, 3.63) is 48.2 Å². The third-order valence-corrected chi connectivity index (χ3v) is 3.62. The maximum absolute atomic E-state index is 10.0. The van der Waals surface area contributed by atoms with E-state index in [0.29, 0.717) is 6.42 Å². The molecule has 1 aromatic rings. The molecular formula is C14H16O3. The van der Waals surface area contributed by atoms with E-state index in [1.54, 1.807) is 6.26 Å². The Bertz CT molecular complexity index is 428. The van der Waals surface area contributed by atoms with Crippen molar-refractivity contribution < 1.29 is 14.6 Å². The van der Waals surface area contributed by atoms with Gasteiger partial charge in [0.05, 0.1) is 18.3 Å². The first-order valence-electron chi connectivity index (χ1n) is 6.03. The van der Waals surface area contributed by atoms with Gasteiger partial charge in [-0.1, -0.05) is 37.3 Å². The molecule has 3 nitrogen and oxygen atoms in total. The summed E-state index contributed by atoms with van der Waals surface area (Å²) >= 11 is 0. The third kappa shape index (κ3) is 1.43. The summed E-state index contributed by atoms with van der Waals surface area (Å²) in [6.07, 6.45) is 3.67. The van der Waals surface area contributed by atoms with Crippen molar-refractivity contribution in [1.82, 2.24) is 0 Å². The van der Waals surface area contributed by atoms with Gasteiger partial charge in [-0.3, -0.25) is 0 Å². The molecule has 0 radical (unpaired) electrons. The smallest absolute Gasteiger partial charge is 0.245 e. The summed E-state index contributed by atoms with van der Waals surface area (Å²) in [5, 5.41) is 10.0. The summed E-state index contributed by atoms with van der Waals surface area (Å²) < 4.78 is 11.3. The van der Waals surface area contributed by atoms with E-state index in [1.165, 1.54) is 0 Å². The van der Waals surface area contributed by atoms with Gasteiger partial charge < -0.3 is 14.6 Å². The molecule has 0 saturated carbocycles. The van der Waals surface area contributed by atoms with Crippen LogP contribution >= 0.6 is 0 Å². The second-order valence-corrected chi connectivity index (χ2v) is 4.57. The monoisotopic (exact) mass is 232 g/mol. The molecule has 0 aromatic heterocycles. The lowest BCUT2D eigenvalue weighted by molar-refractivity contribution is -0.378. The summed E-state index contributed by atoms with van der Waals surface area (Å²) in [7, 11) is 0. The molecule has 0 spiro atoms. The molecular weight excluding hydrogens is 216 g/mol. The van der Waals surface area contributed by atoms with Gasteiger partial charge in [0, 0.05) is 0 Å². The van der Waals surface area contributed by atoms with Gasteiger partial charge in [0.1, 0.15) is 6.10 Å². The number of aliphatic hydroxyl groups is 1. The zero-order chi connectivity index (χ0) is 11.9. The van der Waals surface area contributed by atoms with Crippen molar-refractivity contribution in [2.75, 3.05) is 0 Å². The molecule has 0 amide bonds. The van der Waals surface area contributed by atoms with Crippen LogP contribution in [0.5, 0.6) is 0 Å². The minimum Gasteiger partial charge on any atom is -0.467 e. The number of benzene rings is 1. The van der Waals surface area contributed by atoms with Gasteiger partial charge in [0.25, 0.3) is 0 Å². The molecule has 1 saturated heterocycles. The van der Waals surface area contributed by atoms with Gasteiger partial charge in [-0.25, -0.2) is 0 Å². The molecule has 2 aliphatic rings. The van der Waals surface area contributed by atoms with Crippen LogP contribution in [0.1, 0.15) is 25.0 Å². The van der Waals surface area contributed by atoms with E-state index in [0.717, 1.165) is 5.56 Å². The summed E-state index contributed by atoms with van der Waals surface area (Å²) in [5.41, 5.74) is 1.13. The fourth-order valence-electron chi connectivity index (χ4n) is 2.64. The SMILES string of the molecule is CC[C@@H](O)[C@@]12OC=C[C@@H]1[C@H](c1ccccc1)O2. The van der Waals surface area contributed by atoms with E-state index in [1.807, 2.05) is 43.3 Å². The van der Waals surface area contributed by atoms with Gasteiger partial charge in [0.2, 0.25) is 5.79 Å². The highest BCUT2D eigenvalue weighted by molar-refractivity contribution is 5.26. The average molecular weight is 232 g/mol. The number of hydrogen-bond acceptors (Lipinski definition) is 3. The second-order valence-electron chi connectivity index (χ2n) is 4.57. The number of hydrogen-bond donors (Lipinski definition) is 1. The Kier molecular flexibility index (Phi) is 2.45. The van der Waals surface area contributed by atoms with Crippen molar-refractivity contribution in [1.29, 1.82) is 0 Å². The highest BCUT2D eigenvalue weighted by Gasteiger charge is 2.62. The molecule has 3 heteroatoms. The highest BCUT2D eigenvalue weighted by Crippen LogP contribution is 2.55. The molecule has 17 heavy (non-hydrogen) atoms. The third-order valence-electron chi connectivity index (χ3n) is 3.62. The van der Waals surface area contributed by atoms with Crippen LogP contribution in [0, 0.1) is 5.92 Å². The average Bonchev–Trinajstić information content (AvgIpc) is 2.68. The summed E-state index contributed by atoms with van der Waals surface area (Å²) in [4.78, 5) is 0. The predicted octanol–water partition coefficient (Wildman–Crippen LogP) is 2.39. The Morgan fingerprint density at radius 2 is 2.12 bits per heavy atom. The first-order valence-corrected chi connectivity index (χ1v) is 6.03. The van der Waals surface area contributed by atoms with Gasteiger partial charge >= 0.3 is 0 Å². The van der Waals surface area contributed by atoms with Crippen LogP contribution in [0.25, 0.3) is 0 Å². The molecule has 4 atom stereocenters. The number of rotatable bonds is 3. The fourth-order valence-corrected chi connectivity index (χ4v) is 2.64. The molecule has 90 valence electrons. The maximum atomic E-state index is 10.0. The number of aliphatic hydroxyl groups excluding tert-OH is 1. The number of ether oxygens (including phenoxy) is 2. The molecule has 0 bridgehead atoms. The summed E-state index contributed by atoms with van der Waals surface area (Å²) in [6, 6.07) is 10.1. The molecule has 1 fully saturated rings. The first-order chi connectivity index (χ1) is 8.28. The van der Waals surface area contributed by atoms with Crippen molar-refractivity contribution in [2.24, 2.45) is 5.92 Å². The zero-order valence-corrected chi connectivity index (χ0v) is 9.74.